The van der Waals surface area contributed by atoms with Gasteiger partial charge in [-0.15, -0.1) is 0 Å². The van der Waals surface area contributed by atoms with Gasteiger partial charge in [-0.3, -0.25) is 4.90 Å². The highest BCUT2D eigenvalue weighted by atomic mass is 16.6. The SMILES string of the molecule is COc1ccc(CN2CCCC3(CC(OCC4CC4)CO3)C2)cn1. The van der Waals surface area contributed by atoms with Crippen LogP contribution in [0, 0.1) is 5.92 Å². The van der Waals surface area contributed by atoms with Crippen molar-refractivity contribution in [2.24, 2.45) is 5.92 Å². The summed E-state index contributed by atoms with van der Waals surface area (Å²) in [6.45, 7) is 4.76. The zero-order valence-corrected chi connectivity index (χ0v) is 14.6. The van der Waals surface area contributed by atoms with E-state index < -0.39 is 0 Å². The van der Waals surface area contributed by atoms with E-state index in [1.165, 1.54) is 24.8 Å². The quantitative estimate of drug-likeness (QED) is 0.801. The smallest absolute Gasteiger partial charge is 0.212 e. The summed E-state index contributed by atoms with van der Waals surface area (Å²) in [4.78, 5) is 6.81. The monoisotopic (exact) mass is 332 g/mol. The Labute approximate surface area is 144 Å². The van der Waals surface area contributed by atoms with Crippen molar-refractivity contribution in [3.05, 3.63) is 23.9 Å². The van der Waals surface area contributed by atoms with Crippen LogP contribution >= 0.6 is 0 Å². The molecule has 2 saturated heterocycles. The first kappa shape index (κ1) is 16.3. The van der Waals surface area contributed by atoms with E-state index in [-0.39, 0.29) is 5.60 Å². The molecular weight excluding hydrogens is 304 g/mol. The number of nitrogens with zero attached hydrogens (tertiary/aromatic N) is 2. The number of rotatable bonds is 6. The lowest BCUT2D eigenvalue weighted by Gasteiger charge is -2.39. The van der Waals surface area contributed by atoms with Crippen molar-refractivity contribution in [1.29, 1.82) is 0 Å². The van der Waals surface area contributed by atoms with Crippen molar-refractivity contribution >= 4 is 0 Å². The van der Waals surface area contributed by atoms with Gasteiger partial charge in [0, 0.05) is 38.4 Å². The third kappa shape index (κ3) is 3.90. The van der Waals surface area contributed by atoms with Crippen molar-refractivity contribution in [3.63, 3.8) is 0 Å². The fourth-order valence-corrected chi connectivity index (χ4v) is 3.96. The van der Waals surface area contributed by atoms with Gasteiger partial charge in [-0.05, 0) is 43.7 Å². The summed E-state index contributed by atoms with van der Waals surface area (Å²) in [5.74, 6) is 1.50. The summed E-state index contributed by atoms with van der Waals surface area (Å²) in [7, 11) is 1.65. The maximum Gasteiger partial charge on any atom is 0.212 e. The van der Waals surface area contributed by atoms with Crippen molar-refractivity contribution < 1.29 is 14.2 Å². The van der Waals surface area contributed by atoms with Gasteiger partial charge < -0.3 is 14.2 Å². The maximum atomic E-state index is 6.25. The number of hydrogen-bond acceptors (Lipinski definition) is 5. The summed E-state index contributed by atoms with van der Waals surface area (Å²) in [5, 5.41) is 0. The molecule has 3 fully saturated rings. The van der Waals surface area contributed by atoms with Crippen LogP contribution in [0.1, 0.15) is 37.7 Å². The van der Waals surface area contributed by atoms with Crippen LogP contribution in [-0.2, 0) is 16.0 Å². The van der Waals surface area contributed by atoms with E-state index in [9.17, 15) is 0 Å². The van der Waals surface area contributed by atoms with Gasteiger partial charge in [0.15, 0.2) is 0 Å². The fourth-order valence-electron chi connectivity index (χ4n) is 3.96. The Morgan fingerprint density at radius 2 is 2.29 bits per heavy atom. The summed E-state index contributed by atoms with van der Waals surface area (Å²) in [6.07, 6.45) is 8.32. The Kier molecular flexibility index (Phi) is 4.74. The summed E-state index contributed by atoms with van der Waals surface area (Å²) in [5.41, 5.74) is 1.24. The number of aromatic nitrogens is 1. The molecule has 1 aromatic rings. The second kappa shape index (κ2) is 6.98. The van der Waals surface area contributed by atoms with Crippen LogP contribution in [0.15, 0.2) is 18.3 Å². The lowest BCUT2D eigenvalue weighted by molar-refractivity contribution is -0.0547. The normalized spacial score (nSPS) is 30.8. The molecule has 0 bridgehead atoms. The number of pyridine rings is 1. The van der Waals surface area contributed by atoms with Gasteiger partial charge in [0.05, 0.1) is 25.4 Å². The van der Waals surface area contributed by atoms with Gasteiger partial charge in [-0.25, -0.2) is 4.98 Å². The molecule has 5 nitrogen and oxygen atoms in total. The van der Waals surface area contributed by atoms with Crippen LogP contribution in [0.3, 0.4) is 0 Å². The van der Waals surface area contributed by atoms with Crippen molar-refractivity contribution in [1.82, 2.24) is 9.88 Å². The molecule has 0 amide bonds. The lowest BCUT2D eigenvalue weighted by Crippen LogP contribution is -2.47. The first-order valence-electron chi connectivity index (χ1n) is 9.21. The molecule has 1 saturated carbocycles. The highest BCUT2D eigenvalue weighted by molar-refractivity contribution is 5.17. The zero-order valence-electron chi connectivity index (χ0n) is 14.6. The molecule has 4 rings (SSSR count). The van der Waals surface area contributed by atoms with Crippen molar-refractivity contribution in [3.8, 4) is 5.88 Å². The topological polar surface area (TPSA) is 43.8 Å². The van der Waals surface area contributed by atoms with Crippen LogP contribution in [0.4, 0.5) is 0 Å². The first-order valence-corrected chi connectivity index (χ1v) is 9.21. The van der Waals surface area contributed by atoms with Crippen LogP contribution in [-0.4, -0.2) is 55.0 Å². The van der Waals surface area contributed by atoms with Gasteiger partial charge in [0.1, 0.15) is 0 Å². The maximum absolute atomic E-state index is 6.25. The minimum atomic E-state index is 0.00632. The molecule has 1 spiro atoms. The lowest BCUT2D eigenvalue weighted by atomic mass is 9.89. The second-order valence-corrected chi connectivity index (χ2v) is 7.62. The van der Waals surface area contributed by atoms with Crippen LogP contribution < -0.4 is 4.74 Å². The summed E-state index contributed by atoms with van der Waals surface area (Å²) >= 11 is 0. The standard InChI is InChI=1S/C19H28N2O3/c1-22-18-6-5-16(10-20-18)11-21-8-2-7-19(14-21)9-17(13-24-19)23-12-15-3-4-15/h5-6,10,15,17H,2-4,7-9,11-14H2,1H3. The van der Waals surface area contributed by atoms with Gasteiger partial charge in [-0.2, -0.15) is 0 Å². The Morgan fingerprint density at radius 3 is 3.04 bits per heavy atom. The molecule has 3 heterocycles. The second-order valence-electron chi connectivity index (χ2n) is 7.62. The Hall–Kier alpha value is -1.17. The van der Waals surface area contributed by atoms with Gasteiger partial charge >= 0.3 is 0 Å². The van der Waals surface area contributed by atoms with E-state index in [0.717, 1.165) is 51.6 Å². The average molecular weight is 332 g/mol. The molecule has 0 N–H and O–H groups in total. The highest BCUT2D eigenvalue weighted by Crippen LogP contribution is 2.37. The van der Waals surface area contributed by atoms with E-state index in [2.05, 4.69) is 16.0 Å². The zero-order chi connectivity index (χ0) is 16.4. The fraction of sp³-hybridized carbons (Fsp3) is 0.737. The van der Waals surface area contributed by atoms with Crippen LogP contribution in [0.25, 0.3) is 0 Å². The van der Waals surface area contributed by atoms with Crippen LogP contribution in [0.2, 0.25) is 0 Å². The Bertz CT molecular complexity index is 546. The van der Waals surface area contributed by atoms with E-state index in [1.807, 2.05) is 12.3 Å². The van der Waals surface area contributed by atoms with Gasteiger partial charge in [0.2, 0.25) is 5.88 Å². The number of ether oxygens (including phenoxy) is 3. The first-order chi connectivity index (χ1) is 11.7. The minimum Gasteiger partial charge on any atom is -0.481 e. The summed E-state index contributed by atoms with van der Waals surface area (Å²) in [6, 6.07) is 4.03. The third-order valence-electron chi connectivity index (χ3n) is 5.47. The predicted octanol–water partition coefficient (Wildman–Crippen LogP) is 2.64. The molecule has 24 heavy (non-hydrogen) atoms. The largest absolute Gasteiger partial charge is 0.481 e. The number of hydrogen-bond donors (Lipinski definition) is 0. The molecular formula is C19H28N2O3. The number of likely N-dealkylation sites (tertiary alicyclic amines) is 1. The average Bonchev–Trinajstić information content (AvgIpc) is 3.36. The molecule has 2 unspecified atom stereocenters. The van der Waals surface area contributed by atoms with Crippen LogP contribution in [0.5, 0.6) is 5.88 Å². The molecule has 3 aliphatic rings. The van der Waals surface area contributed by atoms with E-state index in [0.29, 0.717) is 12.0 Å². The molecule has 1 aliphatic carbocycles. The van der Waals surface area contributed by atoms with Gasteiger partial charge in [0.25, 0.3) is 0 Å². The van der Waals surface area contributed by atoms with Gasteiger partial charge in [-0.1, -0.05) is 6.07 Å². The third-order valence-corrected chi connectivity index (χ3v) is 5.47. The Balaban J connectivity index is 1.31. The Morgan fingerprint density at radius 1 is 1.38 bits per heavy atom. The van der Waals surface area contributed by atoms with E-state index in [4.69, 9.17) is 14.2 Å². The van der Waals surface area contributed by atoms with Crippen molar-refractivity contribution in [2.75, 3.05) is 33.4 Å². The molecule has 0 radical (unpaired) electrons. The molecule has 2 atom stereocenters. The molecule has 1 aromatic heterocycles. The molecule has 2 aliphatic heterocycles. The summed E-state index contributed by atoms with van der Waals surface area (Å²) < 4.78 is 17.4. The van der Waals surface area contributed by atoms with Crippen molar-refractivity contribution in [2.45, 2.75) is 50.4 Å². The number of methoxy groups -OCH3 is 1. The van der Waals surface area contributed by atoms with E-state index >= 15 is 0 Å². The molecule has 5 heteroatoms. The molecule has 0 aromatic carbocycles. The van der Waals surface area contributed by atoms with E-state index in [1.54, 1.807) is 7.11 Å². The highest BCUT2D eigenvalue weighted by Gasteiger charge is 2.44. The minimum absolute atomic E-state index is 0.00632. The predicted molar refractivity (Wildman–Crippen MR) is 91.1 cm³/mol. The molecule has 132 valence electrons. The number of piperidine rings is 1.